The summed E-state index contributed by atoms with van der Waals surface area (Å²) in [7, 11) is 0. The molecule has 0 heterocycles. The van der Waals surface area contributed by atoms with E-state index in [1.807, 2.05) is 0 Å². The number of halogens is 6. The summed E-state index contributed by atoms with van der Waals surface area (Å²) in [6.07, 6.45) is -9.81. The van der Waals surface area contributed by atoms with Crippen LogP contribution in [0.2, 0.25) is 0 Å². The summed E-state index contributed by atoms with van der Waals surface area (Å²) in [6, 6.07) is 4.93. The maximum atomic E-state index is 12.8. The van der Waals surface area contributed by atoms with E-state index in [1.54, 1.807) is 6.92 Å². The zero-order valence-corrected chi connectivity index (χ0v) is 9.73. The van der Waals surface area contributed by atoms with E-state index < -0.39 is 24.2 Å². The minimum atomic E-state index is -4.93. The van der Waals surface area contributed by atoms with Crippen LogP contribution in [-0.4, -0.2) is 12.4 Å². The van der Waals surface area contributed by atoms with E-state index in [9.17, 15) is 26.3 Å². The lowest BCUT2D eigenvalue weighted by atomic mass is 9.86. The Balaban J connectivity index is 3.19. The molecule has 0 saturated carbocycles. The fourth-order valence-corrected chi connectivity index (χ4v) is 1.72. The van der Waals surface area contributed by atoms with Crippen LogP contribution in [0.15, 0.2) is 24.3 Å². The minimum Gasteiger partial charge on any atom is -0.171 e. The van der Waals surface area contributed by atoms with Crippen molar-refractivity contribution in [3.05, 3.63) is 35.4 Å². The van der Waals surface area contributed by atoms with Crippen molar-refractivity contribution in [1.29, 1.82) is 0 Å². The molecule has 1 rings (SSSR count). The molecule has 1 aromatic rings. The second-order valence-electron chi connectivity index (χ2n) is 4.26. The third-order valence-corrected chi connectivity index (χ3v) is 2.81. The van der Waals surface area contributed by atoms with Crippen LogP contribution < -0.4 is 0 Å². The van der Waals surface area contributed by atoms with Crippen molar-refractivity contribution in [2.24, 2.45) is 5.92 Å². The van der Waals surface area contributed by atoms with Gasteiger partial charge < -0.3 is 0 Å². The summed E-state index contributed by atoms with van der Waals surface area (Å²) >= 11 is 0. The Hall–Kier alpha value is -1.20. The van der Waals surface area contributed by atoms with Crippen LogP contribution in [0, 0.1) is 12.8 Å². The lowest BCUT2D eigenvalue weighted by molar-refractivity contribution is -0.228. The quantitative estimate of drug-likeness (QED) is 0.674. The van der Waals surface area contributed by atoms with Crippen molar-refractivity contribution in [3.8, 4) is 0 Å². The zero-order chi connectivity index (χ0) is 14.1. The van der Waals surface area contributed by atoms with Crippen molar-refractivity contribution < 1.29 is 26.3 Å². The number of hydrogen-bond acceptors (Lipinski definition) is 0. The molecule has 6 heteroatoms. The summed E-state index contributed by atoms with van der Waals surface area (Å²) < 4.78 is 75.8. The second-order valence-corrected chi connectivity index (χ2v) is 4.26. The molecule has 0 nitrogen and oxygen atoms in total. The van der Waals surface area contributed by atoms with Gasteiger partial charge in [0.15, 0.2) is 0 Å². The molecule has 1 aromatic carbocycles. The molecular formula is C12H12F6. The zero-order valence-electron chi connectivity index (χ0n) is 9.73. The SMILES string of the molecule is Cc1ccc([C@H]([C@@H](C)C(F)(F)F)C(F)(F)F)cc1. The molecule has 0 aromatic heterocycles. The molecule has 18 heavy (non-hydrogen) atoms. The fraction of sp³-hybridized carbons (Fsp3) is 0.500. The third-order valence-electron chi connectivity index (χ3n) is 2.81. The average molecular weight is 270 g/mol. The number of alkyl halides is 6. The lowest BCUT2D eigenvalue weighted by Crippen LogP contribution is -2.35. The summed E-state index contributed by atoms with van der Waals surface area (Å²) in [5.41, 5.74) is 0.331. The Kier molecular flexibility index (Phi) is 3.98. The van der Waals surface area contributed by atoms with Gasteiger partial charge in [0.1, 0.15) is 0 Å². The highest BCUT2D eigenvalue weighted by atomic mass is 19.4. The average Bonchev–Trinajstić information content (AvgIpc) is 2.17. The Bertz CT molecular complexity index is 387. The van der Waals surface area contributed by atoms with Gasteiger partial charge in [-0.25, -0.2) is 0 Å². The molecule has 0 N–H and O–H groups in total. The first kappa shape index (κ1) is 14.9. The van der Waals surface area contributed by atoms with Crippen LogP contribution in [-0.2, 0) is 0 Å². The summed E-state index contributed by atoms with van der Waals surface area (Å²) in [5.74, 6) is -5.00. The van der Waals surface area contributed by atoms with Gasteiger partial charge in [-0.15, -0.1) is 0 Å². The monoisotopic (exact) mass is 270 g/mol. The smallest absolute Gasteiger partial charge is 0.171 e. The van der Waals surface area contributed by atoms with E-state index in [2.05, 4.69) is 0 Å². The largest absolute Gasteiger partial charge is 0.396 e. The van der Waals surface area contributed by atoms with Gasteiger partial charge in [-0.05, 0) is 12.5 Å². The molecule has 0 amide bonds. The number of aryl methyl sites for hydroxylation is 1. The predicted molar refractivity (Wildman–Crippen MR) is 55.2 cm³/mol. The first-order valence-corrected chi connectivity index (χ1v) is 5.23. The van der Waals surface area contributed by atoms with E-state index in [0.717, 1.165) is 12.1 Å². The molecule has 0 saturated heterocycles. The van der Waals surface area contributed by atoms with E-state index in [4.69, 9.17) is 0 Å². The molecule has 0 aliphatic heterocycles. The van der Waals surface area contributed by atoms with Crippen molar-refractivity contribution in [2.45, 2.75) is 32.1 Å². The highest BCUT2D eigenvalue weighted by Gasteiger charge is 2.53. The molecule has 102 valence electrons. The molecule has 0 aliphatic carbocycles. The number of benzene rings is 1. The van der Waals surface area contributed by atoms with E-state index in [-0.39, 0.29) is 5.56 Å². The van der Waals surface area contributed by atoms with Crippen LogP contribution >= 0.6 is 0 Å². The first-order valence-electron chi connectivity index (χ1n) is 5.23. The van der Waals surface area contributed by atoms with E-state index >= 15 is 0 Å². The van der Waals surface area contributed by atoms with Gasteiger partial charge >= 0.3 is 12.4 Å². The van der Waals surface area contributed by atoms with Crippen LogP contribution in [0.25, 0.3) is 0 Å². The number of rotatable bonds is 2. The molecule has 0 spiro atoms. The Morgan fingerprint density at radius 2 is 1.28 bits per heavy atom. The topological polar surface area (TPSA) is 0 Å². The van der Waals surface area contributed by atoms with Crippen molar-refractivity contribution in [3.63, 3.8) is 0 Å². The molecule has 0 bridgehead atoms. The second kappa shape index (κ2) is 4.82. The van der Waals surface area contributed by atoms with Gasteiger partial charge in [0.2, 0.25) is 0 Å². The number of hydrogen-bond donors (Lipinski definition) is 0. The molecule has 0 radical (unpaired) electrons. The molecule has 0 fully saturated rings. The Morgan fingerprint density at radius 3 is 1.61 bits per heavy atom. The van der Waals surface area contributed by atoms with Gasteiger partial charge in [0, 0.05) is 0 Å². The molecular weight excluding hydrogens is 258 g/mol. The van der Waals surface area contributed by atoms with E-state index in [0.29, 0.717) is 12.5 Å². The summed E-state index contributed by atoms with van der Waals surface area (Å²) in [6.45, 7) is 2.21. The highest BCUT2D eigenvalue weighted by Crippen LogP contribution is 2.46. The lowest BCUT2D eigenvalue weighted by Gasteiger charge is -2.28. The van der Waals surface area contributed by atoms with Crippen molar-refractivity contribution in [1.82, 2.24) is 0 Å². The molecule has 0 aliphatic rings. The van der Waals surface area contributed by atoms with Crippen molar-refractivity contribution >= 4 is 0 Å². The molecule has 0 unspecified atom stereocenters. The van der Waals surface area contributed by atoms with Gasteiger partial charge in [-0.1, -0.05) is 36.8 Å². The molecule has 2 atom stereocenters. The van der Waals surface area contributed by atoms with Gasteiger partial charge in [0.05, 0.1) is 11.8 Å². The normalized spacial score (nSPS) is 16.4. The summed E-state index contributed by atoms with van der Waals surface area (Å²) in [5, 5.41) is 0. The van der Waals surface area contributed by atoms with Crippen LogP contribution in [0.5, 0.6) is 0 Å². The van der Waals surface area contributed by atoms with Gasteiger partial charge in [-0.3, -0.25) is 0 Å². The van der Waals surface area contributed by atoms with Crippen LogP contribution in [0.1, 0.15) is 24.0 Å². The first-order chi connectivity index (χ1) is 8.03. The Labute approximate surface area is 101 Å². The van der Waals surface area contributed by atoms with Gasteiger partial charge in [0.25, 0.3) is 0 Å². The van der Waals surface area contributed by atoms with E-state index in [1.165, 1.54) is 12.1 Å². The maximum Gasteiger partial charge on any atom is 0.396 e. The Morgan fingerprint density at radius 1 is 0.833 bits per heavy atom. The maximum absolute atomic E-state index is 12.8. The van der Waals surface area contributed by atoms with Crippen LogP contribution in [0.3, 0.4) is 0 Å². The highest BCUT2D eigenvalue weighted by molar-refractivity contribution is 5.26. The standard InChI is InChI=1S/C12H12F6/c1-7-3-5-9(6-4-7)10(12(16,17)18)8(2)11(13,14)15/h3-6,8,10H,1-2H3/t8-,10+/m1/s1. The predicted octanol–water partition coefficient (Wildman–Crippen LogP) is 4.84. The van der Waals surface area contributed by atoms with Crippen LogP contribution in [0.4, 0.5) is 26.3 Å². The van der Waals surface area contributed by atoms with Gasteiger partial charge in [-0.2, -0.15) is 26.3 Å². The van der Waals surface area contributed by atoms with Crippen molar-refractivity contribution in [2.75, 3.05) is 0 Å². The minimum absolute atomic E-state index is 0.363. The third kappa shape index (κ3) is 3.40. The fourth-order valence-electron chi connectivity index (χ4n) is 1.72. The summed E-state index contributed by atoms with van der Waals surface area (Å²) in [4.78, 5) is 0.